The van der Waals surface area contributed by atoms with Gasteiger partial charge in [0.15, 0.2) is 11.5 Å². The van der Waals surface area contributed by atoms with Gasteiger partial charge >= 0.3 is 0 Å². The molecule has 1 aromatic rings. The molecular weight excluding hydrogens is 226 g/mol. The zero-order chi connectivity index (χ0) is 12.8. The minimum atomic E-state index is 0.105. The summed E-state index contributed by atoms with van der Waals surface area (Å²) >= 11 is 0. The third kappa shape index (κ3) is 2.07. The Hall–Kier alpha value is -1.22. The summed E-state index contributed by atoms with van der Waals surface area (Å²) in [6, 6.07) is 4.33. The third-order valence-electron chi connectivity index (χ3n) is 4.05. The average molecular weight is 247 g/mol. The molecule has 1 aliphatic carbocycles. The van der Waals surface area contributed by atoms with Crippen LogP contribution in [0.3, 0.4) is 0 Å². The molecule has 0 amide bonds. The van der Waals surface area contributed by atoms with Crippen molar-refractivity contribution < 1.29 is 9.47 Å². The highest BCUT2D eigenvalue weighted by atomic mass is 16.6. The van der Waals surface area contributed by atoms with Gasteiger partial charge in [-0.15, -0.1) is 0 Å². The van der Waals surface area contributed by atoms with Crippen molar-refractivity contribution in [2.75, 3.05) is 13.2 Å². The Balaban J connectivity index is 2.02. The summed E-state index contributed by atoms with van der Waals surface area (Å²) in [5.74, 6) is 1.74. The van der Waals surface area contributed by atoms with Gasteiger partial charge < -0.3 is 15.2 Å². The van der Waals surface area contributed by atoms with Gasteiger partial charge in [-0.1, -0.05) is 13.8 Å². The smallest absolute Gasteiger partial charge is 0.161 e. The zero-order valence-corrected chi connectivity index (χ0v) is 11.2. The van der Waals surface area contributed by atoms with Gasteiger partial charge in [0.05, 0.1) is 0 Å². The molecule has 0 aromatic heterocycles. The topological polar surface area (TPSA) is 44.5 Å². The molecule has 1 aromatic carbocycles. The Bertz CT molecular complexity index is 468. The van der Waals surface area contributed by atoms with E-state index >= 15 is 0 Å². The number of hydrogen-bond acceptors (Lipinski definition) is 3. The number of aryl methyl sites for hydroxylation is 1. The third-order valence-corrected chi connectivity index (χ3v) is 4.05. The van der Waals surface area contributed by atoms with Crippen molar-refractivity contribution in [3.05, 3.63) is 23.3 Å². The van der Waals surface area contributed by atoms with Gasteiger partial charge in [-0.2, -0.15) is 0 Å². The predicted molar refractivity (Wildman–Crippen MR) is 71.1 cm³/mol. The largest absolute Gasteiger partial charge is 0.486 e. The van der Waals surface area contributed by atoms with Crippen LogP contribution in [-0.4, -0.2) is 13.2 Å². The first-order valence-electron chi connectivity index (χ1n) is 6.73. The fourth-order valence-corrected chi connectivity index (χ4v) is 2.99. The summed E-state index contributed by atoms with van der Waals surface area (Å²) in [5.41, 5.74) is 9.24. The van der Waals surface area contributed by atoms with Crippen molar-refractivity contribution in [2.45, 2.75) is 39.2 Å². The highest BCUT2D eigenvalue weighted by Crippen LogP contribution is 2.42. The van der Waals surface area contributed by atoms with E-state index < -0.39 is 0 Å². The summed E-state index contributed by atoms with van der Waals surface area (Å²) < 4.78 is 11.3. The van der Waals surface area contributed by atoms with Crippen LogP contribution in [-0.2, 0) is 6.42 Å². The maximum absolute atomic E-state index is 6.36. The lowest BCUT2D eigenvalue weighted by atomic mass is 9.83. The molecule has 1 aliphatic heterocycles. The fourth-order valence-electron chi connectivity index (χ4n) is 2.99. The summed E-state index contributed by atoms with van der Waals surface area (Å²) in [6.45, 7) is 5.87. The van der Waals surface area contributed by atoms with Crippen LogP contribution in [0.2, 0.25) is 0 Å². The standard InChI is InChI=1S/C15H21NO2/c1-15(2)4-3-10-7-13-14(18-6-5-17-13)8-11(10)12(16)9-15/h7-8,12H,3-6,9,16H2,1-2H3. The molecule has 0 radical (unpaired) electrons. The number of hydrogen-bond donors (Lipinski definition) is 1. The molecular formula is C15H21NO2. The first kappa shape index (κ1) is 11.8. The second-order valence-electron chi connectivity index (χ2n) is 6.17. The second-order valence-corrected chi connectivity index (χ2v) is 6.17. The summed E-state index contributed by atoms with van der Waals surface area (Å²) in [6.07, 6.45) is 3.28. The highest BCUT2D eigenvalue weighted by Gasteiger charge is 2.29. The quantitative estimate of drug-likeness (QED) is 0.717. The molecule has 3 nitrogen and oxygen atoms in total. The van der Waals surface area contributed by atoms with Gasteiger partial charge in [0.2, 0.25) is 0 Å². The minimum absolute atomic E-state index is 0.105. The van der Waals surface area contributed by atoms with Gasteiger partial charge in [-0.05, 0) is 47.9 Å². The molecule has 1 unspecified atom stereocenters. The van der Waals surface area contributed by atoms with Gasteiger partial charge in [0, 0.05) is 6.04 Å². The van der Waals surface area contributed by atoms with Gasteiger partial charge in [0.25, 0.3) is 0 Å². The van der Waals surface area contributed by atoms with Crippen LogP contribution in [0.5, 0.6) is 11.5 Å². The monoisotopic (exact) mass is 247 g/mol. The van der Waals surface area contributed by atoms with Crippen molar-refractivity contribution in [3.8, 4) is 11.5 Å². The molecule has 0 saturated carbocycles. The van der Waals surface area contributed by atoms with E-state index in [-0.39, 0.29) is 6.04 Å². The maximum Gasteiger partial charge on any atom is 0.161 e. The van der Waals surface area contributed by atoms with Crippen LogP contribution in [0.25, 0.3) is 0 Å². The number of nitrogens with two attached hydrogens (primary N) is 1. The Morgan fingerprint density at radius 2 is 1.83 bits per heavy atom. The van der Waals surface area contributed by atoms with E-state index in [0.29, 0.717) is 18.6 Å². The van der Waals surface area contributed by atoms with Gasteiger partial charge in [-0.25, -0.2) is 0 Å². The molecule has 0 fully saturated rings. The molecule has 0 spiro atoms. The van der Waals surface area contributed by atoms with Crippen LogP contribution in [0.4, 0.5) is 0 Å². The van der Waals surface area contributed by atoms with Crippen LogP contribution >= 0.6 is 0 Å². The van der Waals surface area contributed by atoms with Crippen LogP contribution in [0.15, 0.2) is 12.1 Å². The highest BCUT2D eigenvalue weighted by molar-refractivity contribution is 5.49. The van der Waals surface area contributed by atoms with Crippen molar-refractivity contribution >= 4 is 0 Å². The van der Waals surface area contributed by atoms with E-state index in [1.807, 2.05) is 0 Å². The van der Waals surface area contributed by atoms with Crippen molar-refractivity contribution in [1.82, 2.24) is 0 Å². The van der Waals surface area contributed by atoms with E-state index in [4.69, 9.17) is 15.2 Å². The molecule has 1 heterocycles. The summed E-state index contributed by atoms with van der Waals surface area (Å²) in [5, 5.41) is 0. The van der Waals surface area contributed by atoms with E-state index in [2.05, 4.69) is 26.0 Å². The first-order chi connectivity index (χ1) is 8.55. The molecule has 0 saturated heterocycles. The van der Waals surface area contributed by atoms with Crippen LogP contribution in [0, 0.1) is 5.41 Å². The predicted octanol–water partition coefficient (Wildman–Crippen LogP) is 2.82. The SMILES string of the molecule is CC1(C)CCc2cc3c(cc2C(N)C1)OCCO3. The van der Waals surface area contributed by atoms with Gasteiger partial charge in [0.1, 0.15) is 13.2 Å². The van der Waals surface area contributed by atoms with Crippen LogP contribution < -0.4 is 15.2 Å². The van der Waals surface area contributed by atoms with Crippen molar-refractivity contribution in [1.29, 1.82) is 0 Å². The van der Waals surface area contributed by atoms with E-state index in [9.17, 15) is 0 Å². The molecule has 1 atom stereocenters. The van der Waals surface area contributed by atoms with Crippen LogP contribution in [0.1, 0.15) is 43.9 Å². The second kappa shape index (κ2) is 4.16. The molecule has 2 aliphatic rings. The number of fused-ring (bicyclic) bond motifs is 2. The lowest BCUT2D eigenvalue weighted by Crippen LogP contribution is -2.20. The first-order valence-corrected chi connectivity index (χ1v) is 6.73. The summed E-state index contributed by atoms with van der Waals surface area (Å²) in [7, 11) is 0. The molecule has 3 heteroatoms. The Kier molecular flexibility index (Phi) is 2.74. The molecule has 2 N–H and O–H groups in total. The number of ether oxygens (including phenoxy) is 2. The average Bonchev–Trinajstić information content (AvgIpc) is 2.44. The Morgan fingerprint density at radius 3 is 2.56 bits per heavy atom. The zero-order valence-electron chi connectivity index (χ0n) is 11.2. The minimum Gasteiger partial charge on any atom is -0.486 e. The molecule has 3 rings (SSSR count). The fraction of sp³-hybridized carbons (Fsp3) is 0.600. The van der Waals surface area contributed by atoms with Crippen molar-refractivity contribution in [3.63, 3.8) is 0 Å². The summed E-state index contributed by atoms with van der Waals surface area (Å²) in [4.78, 5) is 0. The van der Waals surface area contributed by atoms with E-state index in [1.165, 1.54) is 17.5 Å². The lowest BCUT2D eigenvalue weighted by Gasteiger charge is -2.25. The molecule has 18 heavy (non-hydrogen) atoms. The molecule has 0 bridgehead atoms. The number of benzene rings is 1. The van der Waals surface area contributed by atoms with Gasteiger partial charge in [-0.3, -0.25) is 0 Å². The van der Waals surface area contributed by atoms with E-state index in [0.717, 1.165) is 24.3 Å². The normalized spacial score (nSPS) is 25.2. The van der Waals surface area contributed by atoms with E-state index in [1.54, 1.807) is 0 Å². The van der Waals surface area contributed by atoms with Crippen molar-refractivity contribution in [2.24, 2.45) is 11.1 Å². The lowest BCUT2D eigenvalue weighted by molar-refractivity contribution is 0.171. The molecule has 98 valence electrons. The number of rotatable bonds is 0. The maximum atomic E-state index is 6.36. The Labute approximate surface area is 108 Å². The Morgan fingerprint density at radius 1 is 1.17 bits per heavy atom.